The quantitative estimate of drug-likeness (QED) is 0.828. The van der Waals surface area contributed by atoms with Crippen LogP contribution >= 0.6 is 15.9 Å². The summed E-state index contributed by atoms with van der Waals surface area (Å²) in [5.74, 6) is -0.186. The number of benzene rings is 1. The van der Waals surface area contributed by atoms with Crippen LogP contribution in [0.2, 0.25) is 0 Å². The first-order valence-corrected chi connectivity index (χ1v) is 8.84. The number of allylic oxidation sites excluding steroid dienone is 1. The highest BCUT2D eigenvalue weighted by molar-refractivity contribution is 9.10. The molecule has 1 aliphatic rings. The Morgan fingerprint density at radius 2 is 2.15 bits per heavy atom. The molecule has 2 heterocycles. The highest BCUT2D eigenvalue weighted by atomic mass is 79.9. The van der Waals surface area contributed by atoms with E-state index >= 15 is 0 Å². The maximum atomic E-state index is 13.2. The Balaban J connectivity index is 2.30. The zero-order valence-electron chi connectivity index (χ0n) is 14.5. The van der Waals surface area contributed by atoms with Crippen molar-refractivity contribution >= 4 is 15.9 Å². The molecule has 2 N–H and O–H groups in total. The lowest BCUT2D eigenvalue weighted by Crippen LogP contribution is -2.33. The molecule has 3 rings (SSSR count). The van der Waals surface area contributed by atoms with Crippen molar-refractivity contribution in [3.05, 3.63) is 73.4 Å². The Kier molecular flexibility index (Phi) is 5.16. The number of hydrogen-bond acceptors (Lipinski definition) is 5. The number of methoxy groups -OCH3 is 1. The van der Waals surface area contributed by atoms with Gasteiger partial charge in [0.25, 0.3) is 5.56 Å². The van der Waals surface area contributed by atoms with Gasteiger partial charge in [0, 0.05) is 29.9 Å². The fraction of sp³-hybridized carbons (Fsp3) is 0.263. The second-order valence-corrected chi connectivity index (χ2v) is 6.81. The topological polar surface area (TPSA) is 90.3 Å². The molecule has 0 bridgehead atoms. The van der Waals surface area contributed by atoms with E-state index in [0.717, 1.165) is 15.7 Å². The van der Waals surface area contributed by atoms with Crippen LogP contribution in [0.25, 0.3) is 0 Å². The van der Waals surface area contributed by atoms with Crippen molar-refractivity contribution in [1.82, 2.24) is 4.57 Å². The lowest BCUT2D eigenvalue weighted by molar-refractivity contribution is 0.185. The van der Waals surface area contributed by atoms with E-state index in [1.54, 1.807) is 17.7 Å². The van der Waals surface area contributed by atoms with Gasteiger partial charge in [-0.1, -0.05) is 34.1 Å². The number of ether oxygens (including phenoxy) is 2. The SMILES string of the molecule is COCCn1c(C)cc2c(c1=O)[C@@H](c1ccccc1Br)C(C#N)=C(N)O2. The summed E-state index contributed by atoms with van der Waals surface area (Å²) in [6.45, 7) is 2.65. The Morgan fingerprint density at radius 1 is 1.42 bits per heavy atom. The number of fused-ring (bicyclic) bond motifs is 1. The van der Waals surface area contributed by atoms with Crippen LogP contribution in [0.15, 0.2) is 51.1 Å². The molecule has 1 aliphatic heterocycles. The molecule has 26 heavy (non-hydrogen) atoms. The average Bonchev–Trinajstić information content (AvgIpc) is 2.61. The number of aromatic nitrogens is 1. The van der Waals surface area contributed by atoms with Gasteiger partial charge in [-0.3, -0.25) is 4.79 Å². The molecule has 6 nitrogen and oxygen atoms in total. The predicted octanol–water partition coefficient (Wildman–Crippen LogP) is 2.78. The van der Waals surface area contributed by atoms with E-state index in [2.05, 4.69) is 22.0 Å². The third-order valence-corrected chi connectivity index (χ3v) is 5.15. The van der Waals surface area contributed by atoms with Crippen LogP contribution in [-0.4, -0.2) is 18.3 Å². The minimum atomic E-state index is -0.596. The third-order valence-electron chi connectivity index (χ3n) is 4.43. The van der Waals surface area contributed by atoms with Gasteiger partial charge in [-0.05, 0) is 18.6 Å². The molecular formula is C19H18BrN3O3. The van der Waals surface area contributed by atoms with Gasteiger partial charge in [0.05, 0.1) is 18.1 Å². The molecule has 0 spiro atoms. The van der Waals surface area contributed by atoms with Crippen molar-refractivity contribution in [1.29, 1.82) is 5.26 Å². The number of aryl methyl sites for hydroxylation is 1. The summed E-state index contributed by atoms with van der Waals surface area (Å²) in [5.41, 5.74) is 7.94. The van der Waals surface area contributed by atoms with E-state index in [1.807, 2.05) is 31.2 Å². The van der Waals surface area contributed by atoms with Gasteiger partial charge in [-0.2, -0.15) is 5.26 Å². The highest BCUT2D eigenvalue weighted by Gasteiger charge is 2.35. The smallest absolute Gasteiger partial charge is 0.258 e. The van der Waals surface area contributed by atoms with Crippen molar-refractivity contribution in [2.24, 2.45) is 5.73 Å². The van der Waals surface area contributed by atoms with Gasteiger partial charge < -0.3 is 19.8 Å². The zero-order chi connectivity index (χ0) is 18.8. The molecule has 0 radical (unpaired) electrons. The molecule has 7 heteroatoms. The average molecular weight is 416 g/mol. The Hall–Kier alpha value is -2.56. The van der Waals surface area contributed by atoms with Crippen LogP contribution in [0.3, 0.4) is 0 Å². The number of rotatable bonds is 4. The van der Waals surface area contributed by atoms with Crippen molar-refractivity contribution in [3.8, 4) is 11.8 Å². The lowest BCUT2D eigenvalue weighted by atomic mass is 9.84. The first-order chi connectivity index (χ1) is 12.5. The normalized spacial score (nSPS) is 16.0. The third kappa shape index (κ3) is 3.02. The lowest BCUT2D eigenvalue weighted by Gasteiger charge is -2.27. The number of nitrogens with zero attached hydrogens (tertiary/aromatic N) is 2. The maximum absolute atomic E-state index is 13.2. The van der Waals surface area contributed by atoms with E-state index in [1.165, 1.54) is 0 Å². The highest BCUT2D eigenvalue weighted by Crippen LogP contribution is 2.42. The van der Waals surface area contributed by atoms with Crippen molar-refractivity contribution in [2.45, 2.75) is 19.4 Å². The maximum Gasteiger partial charge on any atom is 0.258 e. The number of hydrogen-bond donors (Lipinski definition) is 1. The summed E-state index contributed by atoms with van der Waals surface area (Å²) < 4.78 is 13.2. The molecule has 0 saturated heterocycles. The van der Waals surface area contributed by atoms with Gasteiger partial charge in [-0.25, -0.2) is 0 Å². The second kappa shape index (κ2) is 7.36. The van der Waals surface area contributed by atoms with Gasteiger partial charge in [0.1, 0.15) is 17.4 Å². The van der Waals surface area contributed by atoms with Crippen molar-refractivity contribution < 1.29 is 9.47 Å². The standard InChI is InChI=1S/C19H18BrN3O3/c1-11-9-15-17(19(24)23(11)7-8-25-2)16(13(10-21)18(22)26-15)12-5-3-4-6-14(12)20/h3-6,9,16H,7-8,22H2,1-2H3/t16-/m0/s1. The summed E-state index contributed by atoms with van der Waals surface area (Å²) in [6, 6.07) is 11.4. The minimum absolute atomic E-state index is 0.0224. The van der Waals surface area contributed by atoms with Crippen molar-refractivity contribution in [3.63, 3.8) is 0 Å². The molecule has 0 amide bonds. The fourth-order valence-corrected chi connectivity index (χ4v) is 3.68. The van der Waals surface area contributed by atoms with Crippen LogP contribution in [0.5, 0.6) is 5.75 Å². The molecule has 1 aromatic heterocycles. The molecule has 1 aromatic carbocycles. The molecule has 0 fully saturated rings. The first kappa shape index (κ1) is 18.2. The molecule has 0 saturated carbocycles. The largest absolute Gasteiger partial charge is 0.440 e. The number of nitrogens with two attached hydrogens (primary N) is 1. The van der Waals surface area contributed by atoms with Crippen LogP contribution in [0.1, 0.15) is 22.7 Å². The Labute approximate surface area is 159 Å². The Bertz CT molecular complexity index is 988. The molecule has 1 atom stereocenters. The van der Waals surface area contributed by atoms with Crippen LogP contribution in [-0.2, 0) is 11.3 Å². The van der Waals surface area contributed by atoms with Crippen LogP contribution < -0.4 is 16.0 Å². The van der Waals surface area contributed by atoms with Gasteiger partial charge in [-0.15, -0.1) is 0 Å². The van der Waals surface area contributed by atoms with E-state index in [-0.39, 0.29) is 17.0 Å². The number of nitriles is 1. The molecule has 134 valence electrons. The summed E-state index contributed by atoms with van der Waals surface area (Å²) in [5, 5.41) is 9.65. The van der Waals surface area contributed by atoms with E-state index in [9.17, 15) is 10.1 Å². The van der Waals surface area contributed by atoms with Crippen LogP contribution in [0, 0.1) is 18.3 Å². The molecule has 0 aliphatic carbocycles. The van der Waals surface area contributed by atoms with Gasteiger partial charge >= 0.3 is 0 Å². The monoisotopic (exact) mass is 415 g/mol. The summed E-state index contributed by atoms with van der Waals surface area (Å²) in [6.07, 6.45) is 0. The number of pyridine rings is 1. The second-order valence-electron chi connectivity index (χ2n) is 5.96. The summed E-state index contributed by atoms with van der Waals surface area (Å²) in [7, 11) is 1.59. The van der Waals surface area contributed by atoms with E-state index < -0.39 is 5.92 Å². The molecular weight excluding hydrogens is 398 g/mol. The van der Waals surface area contributed by atoms with E-state index in [4.69, 9.17) is 15.2 Å². The zero-order valence-corrected chi connectivity index (χ0v) is 16.0. The summed E-state index contributed by atoms with van der Waals surface area (Å²) >= 11 is 3.52. The summed E-state index contributed by atoms with van der Waals surface area (Å²) in [4.78, 5) is 13.2. The molecule has 0 unspecified atom stereocenters. The predicted molar refractivity (Wildman–Crippen MR) is 101 cm³/mol. The molecule has 2 aromatic rings. The fourth-order valence-electron chi connectivity index (χ4n) is 3.17. The first-order valence-electron chi connectivity index (χ1n) is 8.04. The number of halogens is 1. The Morgan fingerprint density at radius 3 is 2.81 bits per heavy atom. The van der Waals surface area contributed by atoms with E-state index in [0.29, 0.717) is 24.5 Å². The van der Waals surface area contributed by atoms with Crippen LogP contribution in [0.4, 0.5) is 0 Å². The van der Waals surface area contributed by atoms with Crippen molar-refractivity contribution in [2.75, 3.05) is 13.7 Å². The minimum Gasteiger partial charge on any atom is -0.440 e. The van der Waals surface area contributed by atoms with Gasteiger partial charge in [0.15, 0.2) is 0 Å². The van der Waals surface area contributed by atoms with Gasteiger partial charge in [0.2, 0.25) is 5.88 Å².